The Bertz CT molecular complexity index is 584. The molecule has 3 N–H and O–H groups in total. The largest absolute Gasteiger partial charge is 0.388 e. The molecule has 110 valence electrons. The van der Waals surface area contributed by atoms with Gasteiger partial charge in [-0.2, -0.15) is 0 Å². The minimum atomic E-state index is -3.52. The van der Waals surface area contributed by atoms with Gasteiger partial charge in [-0.25, -0.2) is 13.1 Å². The number of rotatable bonds is 4. The molecule has 1 aliphatic rings. The molecule has 0 amide bonds. The second kappa shape index (κ2) is 6.15. The predicted molar refractivity (Wildman–Crippen MR) is 81.9 cm³/mol. The third kappa shape index (κ3) is 3.74. The summed E-state index contributed by atoms with van der Waals surface area (Å²) in [7, 11) is -3.52. The minimum absolute atomic E-state index is 0.0130. The molecule has 2 unspecified atom stereocenters. The number of aromatic nitrogens is 1. The summed E-state index contributed by atoms with van der Waals surface area (Å²) in [6, 6.07) is 3.02. The van der Waals surface area contributed by atoms with Crippen molar-refractivity contribution in [3.8, 4) is 0 Å². The number of sulfonamides is 1. The first-order chi connectivity index (χ1) is 9.38. The lowest BCUT2D eigenvalue weighted by Gasteiger charge is -2.27. The van der Waals surface area contributed by atoms with Gasteiger partial charge in [0.15, 0.2) is 0 Å². The van der Waals surface area contributed by atoms with Crippen LogP contribution in [0.3, 0.4) is 0 Å². The number of hydrogen-bond donors (Lipinski definition) is 2. The van der Waals surface area contributed by atoms with Crippen molar-refractivity contribution in [1.82, 2.24) is 9.71 Å². The van der Waals surface area contributed by atoms with Crippen molar-refractivity contribution in [3.63, 3.8) is 0 Å². The quantitative estimate of drug-likeness (QED) is 0.824. The van der Waals surface area contributed by atoms with Crippen molar-refractivity contribution < 1.29 is 8.42 Å². The van der Waals surface area contributed by atoms with E-state index in [9.17, 15) is 8.42 Å². The van der Waals surface area contributed by atoms with Gasteiger partial charge >= 0.3 is 0 Å². The molecule has 1 saturated carbocycles. The number of thiocarbonyl (C=S) groups is 1. The average molecular weight is 313 g/mol. The van der Waals surface area contributed by atoms with Gasteiger partial charge in [0.2, 0.25) is 10.0 Å². The third-order valence-electron chi connectivity index (χ3n) is 3.56. The number of nitrogens with one attached hydrogen (secondary N) is 1. The highest BCUT2D eigenvalue weighted by Gasteiger charge is 2.24. The van der Waals surface area contributed by atoms with Gasteiger partial charge < -0.3 is 5.73 Å². The van der Waals surface area contributed by atoms with Crippen molar-refractivity contribution in [2.75, 3.05) is 0 Å². The van der Waals surface area contributed by atoms with E-state index in [1.807, 2.05) is 0 Å². The van der Waals surface area contributed by atoms with E-state index in [1.54, 1.807) is 0 Å². The Kier molecular flexibility index (Phi) is 4.72. The highest BCUT2D eigenvalue weighted by molar-refractivity contribution is 7.89. The molecular weight excluding hydrogens is 294 g/mol. The van der Waals surface area contributed by atoms with Crippen LogP contribution in [0.4, 0.5) is 0 Å². The van der Waals surface area contributed by atoms with Gasteiger partial charge in [0.1, 0.15) is 9.88 Å². The first-order valence-electron chi connectivity index (χ1n) is 6.66. The number of hydrogen-bond acceptors (Lipinski definition) is 4. The maximum absolute atomic E-state index is 12.3. The maximum Gasteiger partial charge on any atom is 0.242 e. The molecule has 0 aliphatic heterocycles. The summed E-state index contributed by atoms with van der Waals surface area (Å²) in [5, 5.41) is 0. The van der Waals surface area contributed by atoms with E-state index in [2.05, 4.69) is 16.6 Å². The van der Waals surface area contributed by atoms with E-state index in [1.165, 1.54) is 24.8 Å². The lowest BCUT2D eigenvalue weighted by molar-refractivity contribution is 0.327. The van der Waals surface area contributed by atoms with Gasteiger partial charge in [0.05, 0.1) is 5.69 Å². The van der Waals surface area contributed by atoms with E-state index in [4.69, 9.17) is 18.0 Å². The van der Waals surface area contributed by atoms with Crippen LogP contribution in [0.2, 0.25) is 0 Å². The van der Waals surface area contributed by atoms with E-state index >= 15 is 0 Å². The fraction of sp³-hybridized carbons (Fsp3) is 0.538. The van der Waals surface area contributed by atoms with Crippen LogP contribution >= 0.6 is 12.2 Å². The van der Waals surface area contributed by atoms with Gasteiger partial charge in [-0.15, -0.1) is 0 Å². The second-order valence-electron chi connectivity index (χ2n) is 5.33. The zero-order chi connectivity index (χ0) is 14.8. The monoisotopic (exact) mass is 313 g/mol. The molecule has 0 spiro atoms. The molecule has 0 saturated heterocycles. The fourth-order valence-electron chi connectivity index (χ4n) is 2.51. The molecule has 20 heavy (non-hydrogen) atoms. The van der Waals surface area contributed by atoms with Crippen LogP contribution in [0.25, 0.3) is 0 Å². The first kappa shape index (κ1) is 15.3. The summed E-state index contributed by atoms with van der Waals surface area (Å²) in [6.07, 6.45) is 5.30. The molecule has 0 radical (unpaired) electrons. The third-order valence-corrected chi connectivity index (χ3v) is 5.27. The molecule has 5 nitrogen and oxygen atoms in total. The van der Waals surface area contributed by atoms with Gasteiger partial charge in [0, 0.05) is 12.2 Å². The Balaban J connectivity index is 2.11. The number of pyridine rings is 1. The molecule has 1 heterocycles. The smallest absolute Gasteiger partial charge is 0.242 e. The van der Waals surface area contributed by atoms with Crippen molar-refractivity contribution in [3.05, 3.63) is 24.0 Å². The molecule has 1 fully saturated rings. The van der Waals surface area contributed by atoms with Crippen LogP contribution in [0.15, 0.2) is 23.2 Å². The number of nitrogens with zero attached hydrogens (tertiary/aromatic N) is 1. The van der Waals surface area contributed by atoms with Crippen molar-refractivity contribution >= 4 is 27.2 Å². The normalized spacial score (nSPS) is 23.4. The highest BCUT2D eigenvalue weighted by atomic mass is 32.2. The van der Waals surface area contributed by atoms with Crippen molar-refractivity contribution in [2.45, 2.75) is 43.5 Å². The molecule has 7 heteroatoms. The summed E-state index contributed by atoms with van der Waals surface area (Å²) in [5.74, 6) is 0.562. The minimum Gasteiger partial charge on any atom is -0.388 e. The Morgan fingerprint density at radius 3 is 2.75 bits per heavy atom. The molecular formula is C13H19N3O2S2. The Labute approximate surface area is 125 Å². The van der Waals surface area contributed by atoms with Crippen LogP contribution < -0.4 is 10.5 Å². The fourth-order valence-corrected chi connectivity index (χ4v) is 3.86. The topological polar surface area (TPSA) is 85.1 Å². The zero-order valence-corrected chi connectivity index (χ0v) is 13.0. The van der Waals surface area contributed by atoms with E-state index in [-0.39, 0.29) is 15.9 Å². The SMILES string of the molecule is CC1CCCC(NS(=O)(=O)c2ccc(C(N)=S)nc2)C1. The summed E-state index contributed by atoms with van der Waals surface area (Å²) in [5.41, 5.74) is 5.86. The molecule has 1 aromatic rings. The lowest BCUT2D eigenvalue weighted by atomic mass is 9.88. The van der Waals surface area contributed by atoms with Crippen LogP contribution in [0.5, 0.6) is 0 Å². The standard InChI is InChI=1S/C13H19N3O2S2/c1-9-3-2-4-10(7-9)16-20(17,18)11-5-6-12(13(14)19)15-8-11/h5-6,8-10,16H,2-4,7H2,1H3,(H2,14,19). The van der Waals surface area contributed by atoms with E-state index < -0.39 is 10.0 Å². The van der Waals surface area contributed by atoms with Crippen LogP contribution in [0.1, 0.15) is 38.3 Å². The summed E-state index contributed by atoms with van der Waals surface area (Å²) in [6.45, 7) is 2.15. The molecule has 2 atom stereocenters. The van der Waals surface area contributed by atoms with E-state index in [0.29, 0.717) is 11.6 Å². The lowest BCUT2D eigenvalue weighted by Crippen LogP contribution is -2.38. The molecule has 1 aliphatic carbocycles. The van der Waals surface area contributed by atoms with Crippen molar-refractivity contribution in [2.24, 2.45) is 11.7 Å². The van der Waals surface area contributed by atoms with Crippen LogP contribution in [-0.2, 0) is 10.0 Å². The van der Waals surface area contributed by atoms with Crippen LogP contribution in [-0.4, -0.2) is 24.4 Å². The predicted octanol–water partition coefficient (Wildman–Crippen LogP) is 1.57. The average Bonchev–Trinajstić information content (AvgIpc) is 2.38. The Hall–Kier alpha value is -1.05. The van der Waals surface area contributed by atoms with Crippen molar-refractivity contribution in [1.29, 1.82) is 0 Å². The number of nitrogens with two attached hydrogens (primary N) is 1. The highest BCUT2D eigenvalue weighted by Crippen LogP contribution is 2.24. The van der Waals surface area contributed by atoms with E-state index in [0.717, 1.165) is 19.3 Å². The van der Waals surface area contributed by atoms with Crippen LogP contribution in [0, 0.1) is 5.92 Å². The molecule has 0 aromatic carbocycles. The summed E-state index contributed by atoms with van der Waals surface area (Å²) < 4.78 is 27.3. The van der Waals surface area contributed by atoms with Gasteiger partial charge in [-0.1, -0.05) is 32.0 Å². The summed E-state index contributed by atoms with van der Waals surface area (Å²) >= 11 is 4.79. The molecule has 0 bridgehead atoms. The Morgan fingerprint density at radius 1 is 1.45 bits per heavy atom. The second-order valence-corrected chi connectivity index (χ2v) is 7.49. The van der Waals surface area contributed by atoms with Gasteiger partial charge in [0.25, 0.3) is 0 Å². The molecule has 1 aromatic heterocycles. The molecule has 2 rings (SSSR count). The maximum atomic E-state index is 12.3. The summed E-state index contributed by atoms with van der Waals surface area (Å²) in [4.78, 5) is 4.27. The Morgan fingerprint density at radius 2 is 2.20 bits per heavy atom. The van der Waals surface area contributed by atoms with Gasteiger partial charge in [-0.3, -0.25) is 4.98 Å². The van der Waals surface area contributed by atoms with Gasteiger partial charge in [-0.05, 0) is 30.9 Å². The zero-order valence-electron chi connectivity index (χ0n) is 11.4. The first-order valence-corrected chi connectivity index (χ1v) is 8.56.